The highest BCUT2D eigenvalue weighted by molar-refractivity contribution is 5.18. The molecule has 6 unspecified atom stereocenters. The molecular formula is C19H33N3O6. The average molecular weight is 399 g/mol. The van der Waals surface area contributed by atoms with E-state index in [4.69, 9.17) is 10.6 Å². The van der Waals surface area contributed by atoms with Crippen LogP contribution >= 0.6 is 0 Å². The molecule has 4 aliphatic rings. The van der Waals surface area contributed by atoms with Crippen LogP contribution in [0.25, 0.3) is 0 Å². The molecule has 6 atom stereocenters. The molecule has 9 heteroatoms. The molecule has 0 aromatic rings. The Bertz CT molecular complexity index is 621. The van der Waals surface area contributed by atoms with Crippen LogP contribution in [0.2, 0.25) is 0 Å². The number of nitrogens with two attached hydrogens (primary N) is 1. The van der Waals surface area contributed by atoms with Gasteiger partial charge in [-0.05, 0) is 72.6 Å². The van der Waals surface area contributed by atoms with Crippen molar-refractivity contribution in [1.82, 2.24) is 0 Å². The predicted molar refractivity (Wildman–Crippen MR) is 101 cm³/mol. The van der Waals surface area contributed by atoms with Crippen molar-refractivity contribution < 1.29 is 19.8 Å². The zero-order valence-corrected chi connectivity index (χ0v) is 17.1. The lowest BCUT2D eigenvalue weighted by Crippen LogP contribution is -2.65. The van der Waals surface area contributed by atoms with Crippen LogP contribution in [0.3, 0.4) is 0 Å². The zero-order valence-electron chi connectivity index (χ0n) is 17.1. The Hall–Kier alpha value is -1.64. The smallest absolute Gasteiger partial charge is 0.294 e. The first-order valence-electron chi connectivity index (χ1n) is 10.3. The summed E-state index contributed by atoms with van der Waals surface area (Å²) in [4.78, 5) is 31.4. The molecule has 4 bridgehead atoms. The number of hydrogen-bond donors (Lipinski definition) is 1. The lowest BCUT2D eigenvalue weighted by Gasteiger charge is -2.72. The lowest BCUT2D eigenvalue weighted by molar-refractivity contribution is -0.792. The molecule has 2 N–H and O–H groups in total. The van der Waals surface area contributed by atoms with E-state index in [1.807, 2.05) is 6.92 Å². The Morgan fingerprint density at radius 1 is 1.00 bits per heavy atom. The quantitative estimate of drug-likeness (QED) is 0.439. The maximum absolute atomic E-state index is 11.1. The molecule has 28 heavy (non-hydrogen) atoms. The first-order chi connectivity index (χ1) is 13.0. The largest absolute Gasteiger partial charge is 0.330 e. The predicted octanol–water partition coefficient (Wildman–Crippen LogP) is 3.51. The van der Waals surface area contributed by atoms with Gasteiger partial charge in [0.1, 0.15) is 12.7 Å². The summed E-state index contributed by atoms with van der Waals surface area (Å²) in [5, 5.41) is 20.1. The topological polar surface area (TPSA) is 131 Å². The van der Waals surface area contributed by atoms with Gasteiger partial charge in [0, 0.05) is 0 Å². The van der Waals surface area contributed by atoms with Crippen LogP contribution < -0.4 is 5.73 Å². The van der Waals surface area contributed by atoms with Gasteiger partial charge >= 0.3 is 0 Å². The Labute approximate surface area is 165 Å². The SMILES string of the molecule is CCC(C(CO[N+](=O)[O-])O[N+](=O)[O-])C12CC3(C)CC(CC)(CC(CN)(C3)C1)C2. The highest BCUT2D eigenvalue weighted by atomic mass is 17.0. The van der Waals surface area contributed by atoms with Gasteiger partial charge in [-0.25, -0.2) is 0 Å². The Balaban J connectivity index is 1.99. The van der Waals surface area contributed by atoms with Gasteiger partial charge in [-0.1, -0.05) is 33.6 Å². The lowest BCUT2D eigenvalue weighted by atomic mass is 9.33. The maximum Gasteiger partial charge on any atom is 0.294 e. The molecule has 4 aliphatic carbocycles. The Morgan fingerprint density at radius 3 is 2.18 bits per heavy atom. The van der Waals surface area contributed by atoms with E-state index in [9.17, 15) is 20.2 Å². The first-order valence-corrected chi connectivity index (χ1v) is 10.3. The van der Waals surface area contributed by atoms with E-state index in [0.717, 1.165) is 38.5 Å². The van der Waals surface area contributed by atoms with Gasteiger partial charge in [-0.2, -0.15) is 0 Å². The molecule has 9 nitrogen and oxygen atoms in total. The first kappa shape index (κ1) is 21.1. The zero-order chi connectivity index (χ0) is 20.8. The molecule has 0 saturated heterocycles. The summed E-state index contributed by atoms with van der Waals surface area (Å²) in [6.07, 6.45) is 7.03. The maximum atomic E-state index is 11.1. The van der Waals surface area contributed by atoms with Gasteiger partial charge in [0.25, 0.3) is 10.2 Å². The number of nitrogens with zero attached hydrogens (tertiary/aromatic N) is 2. The average Bonchev–Trinajstić information content (AvgIpc) is 2.57. The Kier molecular flexibility index (Phi) is 5.27. The molecule has 0 aliphatic heterocycles. The summed E-state index contributed by atoms with van der Waals surface area (Å²) < 4.78 is 0. The second-order valence-electron chi connectivity index (χ2n) is 10.2. The molecule has 4 saturated carbocycles. The van der Waals surface area contributed by atoms with Crippen LogP contribution in [0.4, 0.5) is 0 Å². The summed E-state index contributed by atoms with van der Waals surface area (Å²) in [5.74, 6) is -0.185. The molecule has 0 amide bonds. The molecule has 0 aromatic carbocycles. The van der Waals surface area contributed by atoms with Crippen molar-refractivity contribution in [3.63, 3.8) is 0 Å². The van der Waals surface area contributed by atoms with E-state index >= 15 is 0 Å². The summed E-state index contributed by atoms with van der Waals surface area (Å²) in [6, 6.07) is 0. The summed E-state index contributed by atoms with van der Waals surface area (Å²) in [5.41, 5.74) is 6.54. The fourth-order valence-electron chi connectivity index (χ4n) is 8.24. The fraction of sp³-hybridized carbons (Fsp3) is 1.00. The van der Waals surface area contributed by atoms with Crippen molar-refractivity contribution in [2.45, 2.75) is 78.2 Å². The number of hydrogen-bond acceptors (Lipinski definition) is 7. The van der Waals surface area contributed by atoms with Gasteiger partial charge in [0.2, 0.25) is 0 Å². The molecule has 0 heterocycles. The van der Waals surface area contributed by atoms with E-state index in [0.29, 0.717) is 13.0 Å². The minimum absolute atomic E-state index is 0.0516. The normalized spacial score (nSPS) is 40.7. The van der Waals surface area contributed by atoms with Crippen LogP contribution in [0.1, 0.15) is 72.1 Å². The summed E-state index contributed by atoms with van der Waals surface area (Å²) in [7, 11) is 0. The van der Waals surface area contributed by atoms with Crippen LogP contribution in [0, 0.1) is 47.8 Å². The molecule has 4 fully saturated rings. The van der Waals surface area contributed by atoms with Crippen LogP contribution in [-0.4, -0.2) is 29.4 Å². The van der Waals surface area contributed by atoms with E-state index in [-0.39, 0.29) is 27.6 Å². The van der Waals surface area contributed by atoms with Gasteiger partial charge < -0.3 is 15.4 Å². The monoisotopic (exact) mass is 399 g/mol. The number of rotatable bonds is 10. The Morgan fingerprint density at radius 2 is 1.64 bits per heavy atom. The summed E-state index contributed by atoms with van der Waals surface area (Å²) in [6.45, 7) is 6.75. The van der Waals surface area contributed by atoms with Gasteiger partial charge in [0.15, 0.2) is 0 Å². The second kappa shape index (κ2) is 7.00. The molecule has 0 spiro atoms. The molecule has 160 valence electrons. The highest BCUT2D eigenvalue weighted by Gasteiger charge is 2.67. The minimum Gasteiger partial charge on any atom is -0.330 e. The van der Waals surface area contributed by atoms with Gasteiger partial charge in [-0.3, -0.25) is 0 Å². The van der Waals surface area contributed by atoms with Gasteiger partial charge in [0.05, 0.1) is 0 Å². The molecule has 4 rings (SSSR count). The third-order valence-corrected chi connectivity index (χ3v) is 8.01. The van der Waals surface area contributed by atoms with E-state index in [1.165, 1.54) is 6.42 Å². The highest BCUT2D eigenvalue weighted by Crippen LogP contribution is 2.76. The fourth-order valence-corrected chi connectivity index (χ4v) is 8.24. The van der Waals surface area contributed by atoms with Crippen LogP contribution in [-0.2, 0) is 9.68 Å². The van der Waals surface area contributed by atoms with E-state index < -0.39 is 22.9 Å². The van der Waals surface area contributed by atoms with Crippen LogP contribution in [0.5, 0.6) is 0 Å². The van der Waals surface area contributed by atoms with Crippen LogP contribution in [0.15, 0.2) is 0 Å². The van der Waals surface area contributed by atoms with E-state index in [1.54, 1.807) is 0 Å². The third-order valence-electron chi connectivity index (χ3n) is 8.01. The standard InChI is InChI=1S/C19H33N3O6/c1-4-14(15(28-22(25)26)6-27-21(23)24)19-9-16(3)7-17(5-2,11-19)10-18(8-16,12-19)13-20/h14-15H,4-13,20H2,1-3H3. The second-order valence-corrected chi connectivity index (χ2v) is 10.2. The minimum atomic E-state index is -0.950. The molecule has 0 radical (unpaired) electrons. The molecule has 0 aromatic heterocycles. The van der Waals surface area contributed by atoms with Crippen molar-refractivity contribution in [2.24, 2.45) is 33.3 Å². The van der Waals surface area contributed by atoms with Crippen molar-refractivity contribution in [1.29, 1.82) is 0 Å². The summed E-state index contributed by atoms with van der Waals surface area (Å²) >= 11 is 0. The third kappa shape index (κ3) is 3.53. The van der Waals surface area contributed by atoms with Gasteiger partial charge in [-0.15, -0.1) is 20.2 Å². The van der Waals surface area contributed by atoms with E-state index in [2.05, 4.69) is 18.7 Å². The molecular weight excluding hydrogens is 366 g/mol. The van der Waals surface area contributed by atoms with Crippen molar-refractivity contribution >= 4 is 0 Å². The van der Waals surface area contributed by atoms with Crippen molar-refractivity contribution in [3.05, 3.63) is 20.2 Å². The van der Waals surface area contributed by atoms with Crippen molar-refractivity contribution in [3.8, 4) is 0 Å². The van der Waals surface area contributed by atoms with Crippen molar-refractivity contribution in [2.75, 3.05) is 13.2 Å².